The Hall–Kier alpha value is -0.900. The van der Waals surface area contributed by atoms with Gasteiger partial charge in [-0.05, 0) is 0 Å². The Morgan fingerprint density at radius 1 is 1.25 bits per heavy atom. The number of hydrogen-bond acceptors (Lipinski definition) is 3. The lowest BCUT2D eigenvalue weighted by atomic mass is 9.90. The minimum atomic E-state index is -0.649. The van der Waals surface area contributed by atoms with E-state index in [1.807, 2.05) is 0 Å². The third kappa shape index (κ3) is 2.62. The quantitative estimate of drug-likeness (QED) is 0.454. The molecule has 70 valence electrons. The molecule has 0 aromatic rings. The van der Waals surface area contributed by atoms with Gasteiger partial charge in [-0.2, -0.15) is 0 Å². The highest BCUT2D eigenvalue weighted by Crippen LogP contribution is 2.15. The van der Waals surface area contributed by atoms with Crippen molar-refractivity contribution in [3.05, 3.63) is 0 Å². The van der Waals surface area contributed by atoms with Crippen LogP contribution in [0.1, 0.15) is 20.8 Å². The van der Waals surface area contributed by atoms with Crippen LogP contribution in [0.4, 0.5) is 0 Å². The van der Waals surface area contributed by atoms with Crippen LogP contribution in [0.2, 0.25) is 0 Å². The maximum Gasteiger partial charge on any atom is 0.313 e. The van der Waals surface area contributed by atoms with Gasteiger partial charge in [-0.1, -0.05) is 20.8 Å². The van der Waals surface area contributed by atoms with Crippen LogP contribution in [-0.2, 0) is 14.4 Å². The largest absolute Gasteiger partial charge is 0.313 e. The van der Waals surface area contributed by atoms with Crippen LogP contribution >= 0.6 is 0 Å². The molecule has 0 saturated carbocycles. The maximum absolute atomic E-state index is 11.3. The molecule has 0 aromatic carbocycles. The van der Waals surface area contributed by atoms with Gasteiger partial charge in [0.15, 0.2) is 0 Å². The molecule has 0 heterocycles. The van der Waals surface area contributed by atoms with Crippen molar-refractivity contribution in [3.8, 4) is 0 Å². The number of Topliss-reactive ketones (excluding diaryl/α,β-unsaturated/α-hetero) is 1. The zero-order chi connectivity index (χ0) is 9.94. The minimum Gasteiger partial charge on any atom is -0.288 e. The smallest absolute Gasteiger partial charge is 0.288 e. The van der Waals surface area contributed by atoms with Gasteiger partial charge in [0, 0.05) is 12.5 Å². The Morgan fingerprint density at radius 3 is 1.92 bits per heavy atom. The number of carbonyl (C=O) groups excluding carboxylic acids is 2. The molecule has 0 radical (unpaired) electrons. The summed E-state index contributed by atoms with van der Waals surface area (Å²) in [5.41, 5.74) is -0.649. The first-order valence-corrected chi connectivity index (χ1v) is 3.67. The summed E-state index contributed by atoms with van der Waals surface area (Å²) in [6.45, 7) is 5.07. The summed E-state index contributed by atoms with van der Waals surface area (Å²) in [5.74, 6) is -1.07. The molecule has 0 rings (SSSR count). The van der Waals surface area contributed by atoms with Gasteiger partial charge in [-0.25, -0.2) is 5.06 Å². The van der Waals surface area contributed by atoms with Crippen molar-refractivity contribution in [3.63, 3.8) is 0 Å². The molecule has 0 bridgehead atoms. The molecule has 12 heavy (non-hydrogen) atoms. The van der Waals surface area contributed by atoms with Gasteiger partial charge in [0.05, 0.1) is 7.11 Å². The Bertz CT molecular complexity index is 193. The molecule has 0 spiro atoms. The van der Waals surface area contributed by atoms with E-state index < -0.39 is 17.1 Å². The van der Waals surface area contributed by atoms with Gasteiger partial charge in [0.2, 0.25) is 5.78 Å². The number of carbonyl (C=O) groups is 2. The highest BCUT2D eigenvalue weighted by atomic mass is 16.7. The van der Waals surface area contributed by atoms with E-state index in [0.717, 1.165) is 5.06 Å². The first-order chi connectivity index (χ1) is 5.30. The number of ketones is 1. The molecule has 0 fully saturated rings. The van der Waals surface area contributed by atoms with Gasteiger partial charge in [0.25, 0.3) is 0 Å². The fourth-order valence-electron chi connectivity index (χ4n) is 0.547. The van der Waals surface area contributed by atoms with Crippen molar-refractivity contribution in [2.24, 2.45) is 5.41 Å². The highest BCUT2D eigenvalue weighted by molar-refractivity contribution is 6.37. The van der Waals surface area contributed by atoms with E-state index in [-0.39, 0.29) is 0 Å². The topological polar surface area (TPSA) is 46.6 Å². The third-order valence-electron chi connectivity index (χ3n) is 1.44. The normalized spacial score (nSPS) is 11.1. The van der Waals surface area contributed by atoms with Crippen molar-refractivity contribution < 1.29 is 14.4 Å². The van der Waals surface area contributed by atoms with Gasteiger partial charge in [-0.15, -0.1) is 0 Å². The third-order valence-corrected chi connectivity index (χ3v) is 1.44. The lowest BCUT2D eigenvalue weighted by Crippen LogP contribution is -2.39. The van der Waals surface area contributed by atoms with Gasteiger partial charge < -0.3 is 0 Å². The zero-order valence-electron chi connectivity index (χ0n) is 8.17. The summed E-state index contributed by atoms with van der Waals surface area (Å²) in [6, 6.07) is 0. The second-order valence-electron chi connectivity index (χ2n) is 3.56. The average molecular weight is 173 g/mol. The van der Waals surface area contributed by atoms with Gasteiger partial charge in [-0.3, -0.25) is 14.4 Å². The predicted octanol–water partition coefficient (Wildman–Crippen LogP) is 0.621. The van der Waals surface area contributed by atoms with E-state index in [4.69, 9.17) is 0 Å². The Kier molecular flexibility index (Phi) is 3.39. The lowest BCUT2D eigenvalue weighted by Gasteiger charge is -2.19. The standard InChI is InChI=1S/C8H15NO3/c1-8(2,3)6(10)7(11)9(4)12-5/h1-5H3. The fraction of sp³-hybridized carbons (Fsp3) is 0.750. The summed E-state index contributed by atoms with van der Waals surface area (Å²) in [4.78, 5) is 27.1. The molecule has 0 aliphatic heterocycles. The molecule has 0 unspecified atom stereocenters. The van der Waals surface area contributed by atoms with Crippen LogP contribution in [0.25, 0.3) is 0 Å². The Morgan fingerprint density at radius 2 is 1.67 bits per heavy atom. The summed E-state index contributed by atoms with van der Waals surface area (Å²) in [6.07, 6.45) is 0. The number of amides is 1. The van der Waals surface area contributed by atoms with Crippen LogP contribution in [0.5, 0.6) is 0 Å². The molecule has 0 aromatic heterocycles. The van der Waals surface area contributed by atoms with Gasteiger partial charge in [0.1, 0.15) is 0 Å². The number of hydrogen-bond donors (Lipinski definition) is 0. The molecule has 4 nitrogen and oxygen atoms in total. The van der Waals surface area contributed by atoms with Crippen LogP contribution < -0.4 is 0 Å². The highest BCUT2D eigenvalue weighted by Gasteiger charge is 2.30. The number of likely N-dealkylation sites (N-methyl/N-ethyl adjacent to an activating group) is 1. The van der Waals surface area contributed by atoms with Crippen LogP contribution in [0, 0.1) is 5.41 Å². The molecular formula is C8H15NO3. The predicted molar refractivity (Wildman–Crippen MR) is 44.2 cm³/mol. The maximum atomic E-state index is 11.3. The molecule has 0 N–H and O–H groups in total. The summed E-state index contributed by atoms with van der Waals surface area (Å²) < 4.78 is 0. The zero-order valence-corrected chi connectivity index (χ0v) is 8.17. The molecule has 4 heteroatoms. The molecule has 1 amide bonds. The van der Waals surface area contributed by atoms with E-state index in [9.17, 15) is 9.59 Å². The first-order valence-electron chi connectivity index (χ1n) is 3.67. The van der Waals surface area contributed by atoms with Crippen molar-refractivity contribution in [2.45, 2.75) is 20.8 Å². The minimum absolute atomic E-state index is 0.452. The van der Waals surface area contributed by atoms with Crippen LogP contribution in [0.3, 0.4) is 0 Å². The SMILES string of the molecule is CON(C)C(=O)C(=O)C(C)(C)C. The lowest BCUT2D eigenvalue weighted by molar-refractivity contribution is -0.175. The van der Waals surface area contributed by atoms with Crippen molar-refractivity contribution in [1.29, 1.82) is 0 Å². The number of rotatable bonds is 2. The van der Waals surface area contributed by atoms with Crippen molar-refractivity contribution in [2.75, 3.05) is 14.2 Å². The van der Waals surface area contributed by atoms with Crippen LogP contribution in [-0.4, -0.2) is 30.9 Å². The first kappa shape index (κ1) is 11.1. The molecule has 0 atom stereocenters. The van der Waals surface area contributed by atoms with E-state index in [0.29, 0.717) is 0 Å². The Balaban J connectivity index is 4.42. The monoisotopic (exact) mass is 173 g/mol. The fourth-order valence-corrected chi connectivity index (χ4v) is 0.547. The van der Waals surface area contributed by atoms with E-state index in [1.54, 1.807) is 20.8 Å². The average Bonchev–Trinajstić information content (AvgIpc) is 1.98. The summed E-state index contributed by atoms with van der Waals surface area (Å²) >= 11 is 0. The number of nitrogens with zero attached hydrogens (tertiary/aromatic N) is 1. The molecular weight excluding hydrogens is 158 g/mol. The van der Waals surface area contributed by atoms with Gasteiger partial charge >= 0.3 is 5.91 Å². The van der Waals surface area contributed by atoms with Crippen molar-refractivity contribution >= 4 is 11.7 Å². The number of hydroxylamine groups is 2. The van der Waals surface area contributed by atoms with Crippen LogP contribution in [0.15, 0.2) is 0 Å². The van der Waals surface area contributed by atoms with E-state index in [1.165, 1.54) is 14.2 Å². The summed E-state index contributed by atoms with van der Waals surface area (Å²) in [7, 11) is 2.75. The second kappa shape index (κ2) is 3.67. The van der Waals surface area contributed by atoms with E-state index in [2.05, 4.69) is 4.84 Å². The second-order valence-corrected chi connectivity index (χ2v) is 3.56. The van der Waals surface area contributed by atoms with E-state index >= 15 is 0 Å². The molecule has 0 aliphatic rings. The Labute approximate surface area is 72.4 Å². The summed E-state index contributed by atoms with van der Waals surface area (Å²) in [5, 5.41) is 0.924. The molecule has 0 saturated heterocycles. The van der Waals surface area contributed by atoms with Crippen molar-refractivity contribution in [1.82, 2.24) is 5.06 Å². The molecule has 0 aliphatic carbocycles.